The Balaban J connectivity index is 1.61. The normalized spacial score (nSPS) is 10.9. The first kappa shape index (κ1) is 19.1. The van der Waals surface area contributed by atoms with Crippen molar-refractivity contribution in [1.29, 1.82) is 0 Å². The van der Waals surface area contributed by atoms with Gasteiger partial charge in [0.25, 0.3) is 11.6 Å². The number of hydrogen-bond acceptors (Lipinski definition) is 7. The minimum absolute atomic E-state index is 0.0193. The predicted octanol–water partition coefficient (Wildman–Crippen LogP) is 2.36. The molecule has 3 rings (SSSR count). The zero-order chi connectivity index (χ0) is 20.1. The molecule has 1 N–H and O–H groups in total. The van der Waals surface area contributed by atoms with E-state index in [-0.39, 0.29) is 12.2 Å². The molecule has 3 aromatic rings. The summed E-state index contributed by atoms with van der Waals surface area (Å²) in [6.45, 7) is 1.44. The second-order valence-corrected chi connectivity index (χ2v) is 6.13. The third-order valence-electron chi connectivity index (χ3n) is 3.69. The second-order valence-electron chi connectivity index (χ2n) is 5.72. The van der Waals surface area contributed by atoms with Crippen LogP contribution in [0.5, 0.6) is 0 Å². The maximum atomic E-state index is 12.0. The Bertz CT molecular complexity index is 1060. The Morgan fingerprint density at radius 1 is 1.36 bits per heavy atom. The number of tetrazole rings is 1. The van der Waals surface area contributed by atoms with E-state index in [4.69, 9.17) is 11.6 Å². The molecule has 1 heterocycles. The number of nitro groups is 1. The summed E-state index contributed by atoms with van der Waals surface area (Å²) in [5, 5.41) is 27.0. The molecular weight excluding hydrogens is 386 g/mol. The van der Waals surface area contributed by atoms with Crippen molar-refractivity contribution < 1.29 is 9.72 Å². The standard InChI is InChI=1S/C17H14ClN7O3/c1-11-6-7-12(8-15(11)25(27)28)9-19-20-16(26)10-24-22-17(21-23-24)13-4-2-3-5-14(13)18/h2-9H,10H2,1H3,(H,20,26)/b19-9-. The topological polar surface area (TPSA) is 128 Å². The lowest BCUT2D eigenvalue weighted by atomic mass is 10.1. The molecule has 0 radical (unpaired) electrons. The Labute approximate surface area is 164 Å². The molecule has 0 atom stereocenters. The van der Waals surface area contributed by atoms with Gasteiger partial charge in [-0.1, -0.05) is 35.9 Å². The first-order valence-electron chi connectivity index (χ1n) is 8.03. The van der Waals surface area contributed by atoms with Gasteiger partial charge >= 0.3 is 0 Å². The van der Waals surface area contributed by atoms with Gasteiger partial charge in [-0.3, -0.25) is 14.9 Å². The first-order chi connectivity index (χ1) is 13.4. The van der Waals surface area contributed by atoms with E-state index in [0.29, 0.717) is 27.5 Å². The summed E-state index contributed by atoms with van der Waals surface area (Å²) >= 11 is 6.08. The van der Waals surface area contributed by atoms with Crippen molar-refractivity contribution in [2.75, 3.05) is 0 Å². The van der Waals surface area contributed by atoms with E-state index >= 15 is 0 Å². The highest BCUT2D eigenvalue weighted by atomic mass is 35.5. The van der Waals surface area contributed by atoms with Crippen LogP contribution in [0.4, 0.5) is 5.69 Å². The highest BCUT2D eigenvalue weighted by molar-refractivity contribution is 6.33. The van der Waals surface area contributed by atoms with Crippen LogP contribution in [0.3, 0.4) is 0 Å². The Morgan fingerprint density at radius 2 is 2.14 bits per heavy atom. The quantitative estimate of drug-likeness (QED) is 0.385. The lowest BCUT2D eigenvalue weighted by molar-refractivity contribution is -0.385. The molecule has 1 aromatic heterocycles. The summed E-state index contributed by atoms with van der Waals surface area (Å²) in [5.41, 5.74) is 3.92. The lowest BCUT2D eigenvalue weighted by Gasteiger charge is -2.00. The average Bonchev–Trinajstić information content (AvgIpc) is 3.11. The van der Waals surface area contributed by atoms with Gasteiger partial charge in [0.05, 0.1) is 16.2 Å². The molecule has 0 aliphatic heterocycles. The van der Waals surface area contributed by atoms with Gasteiger partial charge in [0, 0.05) is 22.8 Å². The van der Waals surface area contributed by atoms with Crippen molar-refractivity contribution in [3.05, 3.63) is 68.7 Å². The fourth-order valence-corrected chi connectivity index (χ4v) is 2.53. The van der Waals surface area contributed by atoms with Crippen LogP contribution in [-0.2, 0) is 11.3 Å². The molecule has 1 amide bonds. The summed E-state index contributed by atoms with van der Waals surface area (Å²) in [7, 11) is 0. The number of hydrazone groups is 1. The maximum Gasteiger partial charge on any atom is 0.272 e. The van der Waals surface area contributed by atoms with Gasteiger partial charge < -0.3 is 0 Å². The number of aryl methyl sites for hydroxylation is 1. The second kappa shape index (κ2) is 8.35. The molecule has 0 aliphatic carbocycles. The number of nitrogens with one attached hydrogen (secondary N) is 1. The molecule has 0 saturated carbocycles. The van der Waals surface area contributed by atoms with Crippen LogP contribution in [0, 0.1) is 17.0 Å². The predicted molar refractivity (Wildman–Crippen MR) is 102 cm³/mol. The van der Waals surface area contributed by atoms with E-state index in [9.17, 15) is 14.9 Å². The monoisotopic (exact) mass is 399 g/mol. The molecule has 10 nitrogen and oxygen atoms in total. The molecule has 2 aromatic carbocycles. The minimum atomic E-state index is -0.485. The number of amides is 1. The number of carbonyl (C=O) groups is 1. The van der Waals surface area contributed by atoms with E-state index in [1.165, 1.54) is 12.3 Å². The molecule has 0 fully saturated rings. The molecule has 11 heteroatoms. The van der Waals surface area contributed by atoms with Crippen molar-refractivity contribution in [2.24, 2.45) is 5.10 Å². The molecule has 0 bridgehead atoms. The number of rotatable bonds is 6. The number of hydrogen-bond donors (Lipinski definition) is 1. The van der Waals surface area contributed by atoms with Crippen molar-refractivity contribution in [2.45, 2.75) is 13.5 Å². The van der Waals surface area contributed by atoms with Crippen molar-refractivity contribution in [3.63, 3.8) is 0 Å². The highest BCUT2D eigenvalue weighted by Gasteiger charge is 2.12. The maximum absolute atomic E-state index is 12.0. The molecule has 142 valence electrons. The Kier molecular flexibility index (Phi) is 5.70. The average molecular weight is 400 g/mol. The SMILES string of the molecule is Cc1ccc(/C=N\NC(=O)Cn2nnc(-c3ccccc3Cl)n2)cc1[N+](=O)[O-]. The zero-order valence-electron chi connectivity index (χ0n) is 14.6. The molecule has 28 heavy (non-hydrogen) atoms. The number of aromatic nitrogens is 4. The van der Waals surface area contributed by atoms with Crippen LogP contribution in [0.25, 0.3) is 11.4 Å². The number of benzene rings is 2. The van der Waals surface area contributed by atoms with Gasteiger partial charge in [-0.2, -0.15) is 9.90 Å². The van der Waals surface area contributed by atoms with Gasteiger partial charge in [0.15, 0.2) is 0 Å². The van der Waals surface area contributed by atoms with Crippen LogP contribution >= 0.6 is 11.6 Å². The Morgan fingerprint density at radius 3 is 2.89 bits per heavy atom. The van der Waals surface area contributed by atoms with E-state index in [1.54, 1.807) is 43.3 Å². The van der Waals surface area contributed by atoms with Crippen molar-refractivity contribution >= 4 is 29.4 Å². The van der Waals surface area contributed by atoms with Gasteiger partial charge in [-0.25, -0.2) is 5.43 Å². The summed E-state index contributed by atoms with van der Waals surface area (Å²) in [4.78, 5) is 23.5. The van der Waals surface area contributed by atoms with E-state index in [0.717, 1.165) is 4.80 Å². The number of carbonyl (C=O) groups excluding carboxylic acids is 1. The zero-order valence-corrected chi connectivity index (χ0v) is 15.4. The largest absolute Gasteiger partial charge is 0.272 e. The third kappa shape index (κ3) is 4.54. The van der Waals surface area contributed by atoms with Crippen LogP contribution < -0.4 is 5.43 Å². The van der Waals surface area contributed by atoms with Crippen LogP contribution in [0.1, 0.15) is 11.1 Å². The summed E-state index contributed by atoms with van der Waals surface area (Å²) in [5.74, 6) is -0.185. The Hall–Kier alpha value is -3.66. The van der Waals surface area contributed by atoms with Gasteiger partial charge in [0.1, 0.15) is 6.54 Å². The van der Waals surface area contributed by atoms with Crippen molar-refractivity contribution in [3.8, 4) is 11.4 Å². The molecule has 0 aliphatic rings. The summed E-state index contributed by atoms with van der Waals surface area (Å²) in [6, 6.07) is 11.7. The van der Waals surface area contributed by atoms with Crippen LogP contribution in [0.2, 0.25) is 5.02 Å². The lowest BCUT2D eigenvalue weighted by Crippen LogP contribution is -2.24. The van der Waals surface area contributed by atoms with E-state index < -0.39 is 10.8 Å². The molecular formula is C17H14ClN7O3. The third-order valence-corrected chi connectivity index (χ3v) is 4.01. The van der Waals surface area contributed by atoms with E-state index in [2.05, 4.69) is 25.9 Å². The van der Waals surface area contributed by atoms with Crippen molar-refractivity contribution in [1.82, 2.24) is 25.6 Å². The number of nitro benzene ring substituents is 1. The van der Waals surface area contributed by atoms with Crippen LogP contribution in [-0.4, -0.2) is 37.3 Å². The summed E-state index contributed by atoms with van der Waals surface area (Å²) in [6.07, 6.45) is 1.31. The van der Waals surface area contributed by atoms with Gasteiger partial charge in [0.2, 0.25) is 5.82 Å². The smallest absolute Gasteiger partial charge is 0.271 e. The first-order valence-corrected chi connectivity index (χ1v) is 8.41. The fraction of sp³-hybridized carbons (Fsp3) is 0.118. The minimum Gasteiger partial charge on any atom is -0.271 e. The number of halogens is 1. The molecule has 0 unspecified atom stereocenters. The van der Waals surface area contributed by atoms with Crippen LogP contribution in [0.15, 0.2) is 47.6 Å². The number of nitrogens with zero attached hydrogens (tertiary/aromatic N) is 6. The van der Waals surface area contributed by atoms with E-state index in [1.807, 2.05) is 0 Å². The molecule has 0 saturated heterocycles. The molecule has 0 spiro atoms. The fourth-order valence-electron chi connectivity index (χ4n) is 2.31. The summed E-state index contributed by atoms with van der Waals surface area (Å²) < 4.78 is 0. The van der Waals surface area contributed by atoms with Gasteiger partial charge in [-0.05, 0) is 24.3 Å². The van der Waals surface area contributed by atoms with Gasteiger partial charge in [-0.15, -0.1) is 10.2 Å². The highest BCUT2D eigenvalue weighted by Crippen LogP contribution is 2.23.